The highest BCUT2D eigenvalue weighted by Crippen LogP contribution is 2.18. The van der Waals surface area contributed by atoms with E-state index in [9.17, 15) is 0 Å². The van der Waals surface area contributed by atoms with E-state index in [2.05, 4.69) is 36.6 Å². The lowest BCUT2D eigenvalue weighted by Gasteiger charge is -2.29. The summed E-state index contributed by atoms with van der Waals surface area (Å²) in [5, 5.41) is 6.55. The molecule has 2 N–H and O–H groups in total. The molecule has 0 amide bonds. The van der Waals surface area contributed by atoms with Gasteiger partial charge in [0.05, 0.1) is 25.5 Å². The van der Waals surface area contributed by atoms with E-state index >= 15 is 0 Å². The molecule has 2 aromatic heterocycles. The molecule has 8 nitrogen and oxygen atoms in total. The van der Waals surface area contributed by atoms with Crippen LogP contribution in [0.25, 0.3) is 0 Å². The number of aryl methyl sites for hydroxylation is 2. The zero-order chi connectivity index (χ0) is 18.4. The molecule has 8 heteroatoms. The van der Waals surface area contributed by atoms with Crippen molar-refractivity contribution in [3.63, 3.8) is 0 Å². The minimum atomic E-state index is 0.484. The molecule has 3 heterocycles. The fourth-order valence-corrected chi connectivity index (χ4v) is 2.80. The summed E-state index contributed by atoms with van der Waals surface area (Å²) in [6.07, 6.45) is 1.83. The first-order chi connectivity index (χ1) is 12.7. The number of ether oxygens (including phenoxy) is 1. The normalized spacial score (nSPS) is 15.2. The molecule has 0 aliphatic carbocycles. The van der Waals surface area contributed by atoms with Crippen LogP contribution in [0.4, 0.5) is 5.82 Å². The van der Waals surface area contributed by atoms with Gasteiger partial charge in [0.15, 0.2) is 5.96 Å². The molecule has 0 atom stereocenters. The second-order valence-electron chi connectivity index (χ2n) is 6.11. The van der Waals surface area contributed by atoms with Gasteiger partial charge in [0, 0.05) is 38.4 Å². The van der Waals surface area contributed by atoms with Crippen molar-refractivity contribution >= 4 is 11.8 Å². The first-order valence-corrected chi connectivity index (χ1v) is 8.81. The predicted molar refractivity (Wildman–Crippen MR) is 100 cm³/mol. The van der Waals surface area contributed by atoms with E-state index in [-0.39, 0.29) is 0 Å². The van der Waals surface area contributed by atoms with Crippen molar-refractivity contribution in [1.29, 1.82) is 0 Å². The van der Waals surface area contributed by atoms with Gasteiger partial charge < -0.3 is 24.7 Å². The molecular weight excluding hydrogens is 332 g/mol. The quantitative estimate of drug-likeness (QED) is 0.617. The third-order valence-corrected chi connectivity index (χ3v) is 4.33. The third-order valence-electron chi connectivity index (χ3n) is 4.33. The molecule has 3 rings (SSSR count). The lowest BCUT2D eigenvalue weighted by molar-refractivity contribution is 0.122. The second kappa shape index (κ2) is 8.66. The van der Waals surface area contributed by atoms with E-state index in [4.69, 9.17) is 9.15 Å². The van der Waals surface area contributed by atoms with Crippen LogP contribution in [0.3, 0.4) is 0 Å². The fraction of sp³-hybridized carbons (Fsp3) is 0.500. The topological polar surface area (TPSA) is 87.8 Å². The predicted octanol–water partition coefficient (Wildman–Crippen LogP) is 1.39. The van der Waals surface area contributed by atoms with Gasteiger partial charge in [0.1, 0.15) is 11.6 Å². The third kappa shape index (κ3) is 4.51. The van der Waals surface area contributed by atoms with Crippen molar-refractivity contribution < 1.29 is 9.15 Å². The van der Waals surface area contributed by atoms with Crippen LogP contribution in [-0.4, -0.2) is 49.3 Å². The first kappa shape index (κ1) is 18.2. The molecule has 140 valence electrons. The molecule has 0 bridgehead atoms. The van der Waals surface area contributed by atoms with E-state index in [0.717, 1.165) is 49.1 Å². The lowest BCUT2D eigenvalue weighted by atomic mass is 10.2. The number of hydrogen-bond acceptors (Lipinski definition) is 6. The van der Waals surface area contributed by atoms with Gasteiger partial charge in [-0.3, -0.25) is 4.99 Å². The number of oxazole rings is 1. The molecule has 0 spiro atoms. The van der Waals surface area contributed by atoms with Crippen molar-refractivity contribution in [3.8, 4) is 0 Å². The van der Waals surface area contributed by atoms with Crippen molar-refractivity contribution in [2.45, 2.75) is 26.9 Å². The summed E-state index contributed by atoms with van der Waals surface area (Å²) in [5.41, 5.74) is 2.04. The van der Waals surface area contributed by atoms with Crippen LogP contribution in [0.5, 0.6) is 0 Å². The molecule has 26 heavy (non-hydrogen) atoms. The fourth-order valence-electron chi connectivity index (χ4n) is 2.80. The van der Waals surface area contributed by atoms with Crippen molar-refractivity contribution in [1.82, 2.24) is 20.6 Å². The highest BCUT2D eigenvalue weighted by atomic mass is 16.5. The van der Waals surface area contributed by atoms with Gasteiger partial charge in [0.2, 0.25) is 5.89 Å². The number of nitrogens with one attached hydrogen (secondary N) is 2. The molecule has 2 aromatic rings. The molecule has 0 radical (unpaired) electrons. The van der Waals surface area contributed by atoms with Crippen LogP contribution >= 0.6 is 0 Å². The number of morpholine rings is 1. The number of hydrogen-bond donors (Lipinski definition) is 2. The molecule has 0 saturated carbocycles. The van der Waals surface area contributed by atoms with Crippen molar-refractivity contribution in [2.24, 2.45) is 4.99 Å². The lowest BCUT2D eigenvalue weighted by Crippen LogP contribution is -2.39. The maximum Gasteiger partial charge on any atom is 0.214 e. The minimum Gasteiger partial charge on any atom is -0.444 e. The Hall–Kier alpha value is -2.61. The number of pyridine rings is 1. The Morgan fingerprint density at radius 2 is 2.00 bits per heavy atom. The zero-order valence-electron chi connectivity index (χ0n) is 15.6. The molecule has 1 aliphatic rings. The number of guanidine groups is 1. The van der Waals surface area contributed by atoms with Gasteiger partial charge in [-0.25, -0.2) is 9.97 Å². The number of aromatic nitrogens is 2. The Morgan fingerprint density at radius 1 is 1.23 bits per heavy atom. The monoisotopic (exact) mass is 358 g/mol. The highest BCUT2D eigenvalue weighted by Gasteiger charge is 2.16. The van der Waals surface area contributed by atoms with E-state index < -0.39 is 0 Å². The van der Waals surface area contributed by atoms with Crippen molar-refractivity contribution in [3.05, 3.63) is 41.2 Å². The summed E-state index contributed by atoms with van der Waals surface area (Å²) < 4.78 is 11.0. The van der Waals surface area contributed by atoms with Gasteiger partial charge >= 0.3 is 0 Å². The van der Waals surface area contributed by atoms with Gasteiger partial charge in [-0.1, -0.05) is 6.07 Å². The first-order valence-electron chi connectivity index (χ1n) is 8.81. The van der Waals surface area contributed by atoms with E-state index in [1.54, 1.807) is 7.05 Å². The number of nitrogens with zero attached hydrogens (tertiary/aromatic N) is 4. The van der Waals surface area contributed by atoms with E-state index in [0.29, 0.717) is 24.9 Å². The van der Waals surface area contributed by atoms with E-state index in [1.807, 2.05) is 26.1 Å². The van der Waals surface area contributed by atoms with Gasteiger partial charge in [-0.05, 0) is 19.9 Å². The van der Waals surface area contributed by atoms with Crippen LogP contribution < -0.4 is 15.5 Å². The number of rotatable bonds is 5. The average molecular weight is 358 g/mol. The van der Waals surface area contributed by atoms with Crippen molar-refractivity contribution in [2.75, 3.05) is 38.3 Å². The summed E-state index contributed by atoms with van der Waals surface area (Å²) >= 11 is 0. The Morgan fingerprint density at radius 3 is 2.69 bits per heavy atom. The zero-order valence-corrected chi connectivity index (χ0v) is 15.6. The standard InChI is InChI=1S/C18H26N6O2/c1-13-14(2)26-16(23-13)12-22-18(19-3)21-11-15-5-4-6-20-17(15)24-7-9-25-10-8-24/h4-6H,7-12H2,1-3H3,(H2,19,21,22). The summed E-state index contributed by atoms with van der Waals surface area (Å²) in [4.78, 5) is 15.4. The molecule has 1 aliphatic heterocycles. The Labute approximate surface area is 153 Å². The molecule has 0 unspecified atom stereocenters. The number of anilines is 1. The van der Waals surface area contributed by atoms with Crippen LogP contribution in [0, 0.1) is 13.8 Å². The maximum absolute atomic E-state index is 5.59. The summed E-state index contributed by atoms with van der Waals surface area (Å²) in [6, 6.07) is 4.04. The largest absolute Gasteiger partial charge is 0.444 e. The van der Waals surface area contributed by atoms with Crippen LogP contribution in [0.2, 0.25) is 0 Å². The van der Waals surface area contributed by atoms with Crippen LogP contribution in [-0.2, 0) is 17.8 Å². The Balaban J connectivity index is 1.58. The second-order valence-corrected chi connectivity index (χ2v) is 6.11. The van der Waals surface area contributed by atoms with Gasteiger partial charge in [-0.15, -0.1) is 0 Å². The van der Waals surface area contributed by atoms with Gasteiger partial charge in [0.25, 0.3) is 0 Å². The summed E-state index contributed by atoms with van der Waals surface area (Å²) in [5.74, 6) is 3.18. The summed E-state index contributed by atoms with van der Waals surface area (Å²) in [7, 11) is 1.74. The van der Waals surface area contributed by atoms with Gasteiger partial charge in [-0.2, -0.15) is 0 Å². The minimum absolute atomic E-state index is 0.484. The Kier molecular flexibility index (Phi) is 6.06. The smallest absolute Gasteiger partial charge is 0.214 e. The van der Waals surface area contributed by atoms with E-state index in [1.165, 1.54) is 0 Å². The number of aliphatic imine (C=N–C) groups is 1. The maximum atomic E-state index is 5.59. The molecule has 0 aromatic carbocycles. The molecule has 1 saturated heterocycles. The molecule has 1 fully saturated rings. The Bertz CT molecular complexity index is 732. The highest BCUT2D eigenvalue weighted by molar-refractivity contribution is 5.79. The summed E-state index contributed by atoms with van der Waals surface area (Å²) in [6.45, 7) is 8.16. The van der Waals surface area contributed by atoms with Crippen LogP contribution in [0.1, 0.15) is 22.9 Å². The average Bonchev–Trinajstić information content (AvgIpc) is 3.00. The van der Waals surface area contributed by atoms with Crippen LogP contribution in [0.15, 0.2) is 27.7 Å². The molecular formula is C18H26N6O2. The SMILES string of the molecule is CN=C(NCc1nc(C)c(C)o1)NCc1cccnc1N1CCOCC1.